The molecule has 0 amide bonds. The highest BCUT2D eigenvalue weighted by atomic mass is 32.3. The Morgan fingerprint density at radius 2 is 1.73 bits per heavy atom. The molecule has 0 aromatic carbocycles. The molecular weight excluding hydrogens is 244 g/mol. The van der Waals surface area contributed by atoms with Crippen molar-refractivity contribution in [3.05, 3.63) is 0 Å². The van der Waals surface area contributed by atoms with E-state index >= 15 is 0 Å². The molecule has 0 saturated heterocycles. The molecule has 0 bridgehead atoms. The van der Waals surface area contributed by atoms with Crippen molar-refractivity contribution >= 4 is 20.6 Å². The second kappa shape index (κ2) is 6.51. The summed E-state index contributed by atoms with van der Waals surface area (Å²) in [6, 6.07) is 0. The maximum absolute atomic E-state index is 11.2. The molecule has 0 atom stereocenters. The van der Waals surface area contributed by atoms with Crippen molar-refractivity contribution in [2.45, 2.75) is 12.8 Å². The van der Waals surface area contributed by atoms with E-state index < -0.39 is 20.6 Å². The molecule has 0 aromatic heterocycles. The minimum atomic E-state index is -4.08. The molecule has 0 spiro atoms. The zero-order chi connectivity index (χ0) is 11.9. The van der Waals surface area contributed by atoms with Gasteiger partial charge in [0.15, 0.2) is 0 Å². The topological polar surface area (TPSA) is 133 Å². The summed E-state index contributed by atoms with van der Waals surface area (Å²) in [5.74, 6) is -0.609. The lowest BCUT2D eigenvalue weighted by Gasteiger charge is -2.16. The van der Waals surface area contributed by atoms with Crippen LogP contribution in [0.1, 0.15) is 12.8 Å². The van der Waals surface area contributed by atoms with Crippen LogP contribution in [0.25, 0.3) is 0 Å². The highest BCUT2D eigenvalue weighted by Crippen LogP contribution is 2.09. The number of hydrogen-bond acceptors (Lipinski definition) is 6. The van der Waals surface area contributed by atoms with Gasteiger partial charge in [-0.05, 0) is 25.9 Å². The Morgan fingerprint density at radius 3 is 2.20 bits per heavy atom. The van der Waals surface area contributed by atoms with Gasteiger partial charge in [0, 0.05) is 5.75 Å². The first-order chi connectivity index (χ1) is 6.83. The molecule has 0 unspecified atom stereocenters. The molecule has 15 heavy (non-hydrogen) atoms. The predicted molar refractivity (Wildman–Crippen MR) is 59.2 cm³/mol. The Hall–Kier alpha value is -0.0600. The lowest BCUT2D eigenvalue weighted by Crippen LogP contribution is -2.26. The third-order valence-electron chi connectivity index (χ3n) is 1.47. The van der Waals surface area contributed by atoms with Crippen molar-refractivity contribution in [1.29, 1.82) is 0 Å². The van der Waals surface area contributed by atoms with Crippen molar-refractivity contribution in [3.8, 4) is 0 Å². The van der Waals surface area contributed by atoms with Crippen LogP contribution in [-0.2, 0) is 24.2 Å². The van der Waals surface area contributed by atoms with Gasteiger partial charge in [0.05, 0.1) is 16.2 Å². The van der Waals surface area contributed by atoms with Crippen LogP contribution in [0.3, 0.4) is 0 Å². The van der Waals surface area contributed by atoms with E-state index in [2.05, 4.69) is 3.63 Å². The van der Waals surface area contributed by atoms with Gasteiger partial charge in [-0.1, -0.05) is 0 Å². The molecule has 5 N–H and O–H groups in total. The van der Waals surface area contributed by atoms with E-state index in [9.17, 15) is 12.6 Å². The van der Waals surface area contributed by atoms with Crippen molar-refractivity contribution in [2.75, 3.05) is 24.6 Å². The van der Waals surface area contributed by atoms with Crippen molar-refractivity contribution in [2.24, 2.45) is 11.5 Å². The largest absolute Gasteiger partial charge is 0.330 e. The summed E-state index contributed by atoms with van der Waals surface area (Å²) in [7, 11) is -8.05. The maximum Gasteiger partial charge on any atom is 0.280 e. The van der Waals surface area contributed by atoms with Crippen molar-refractivity contribution in [3.63, 3.8) is 0 Å². The third kappa shape index (κ3) is 7.82. The van der Waals surface area contributed by atoms with Crippen LogP contribution in [0.4, 0.5) is 0 Å². The summed E-state index contributed by atoms with van der Waals surface area (Å²) < 4.78 is 46.8. The smallest absolute Gasteiger partial charge is 0.280 e. The molecule has 0 rings (SSSR count). The minimum Gasteiger partial charge on any atom is -0.330 e. The zero-order valence-electron chi connectivity index (χ0n) is 8.33. The molecule has 0 radical (unpaired) electrons. The van der Waals surface area contributed by atoms with E-state index in [1.807, 2.05) is 0 Å². The standard InChI is InChI=1S/C6H18N2O5S2/c7-3-1-5-14(9,10)13-15(11,12)6-2-4-8/h14H,1-8H2,(H,9,10). The van der Waals surface area contributed by atoms with Gasteiger partial charge >= 0.3 is 0 Å². The number of nitrogens with two attached hydrogens (primary N) is 2. The van der Waals surface area contributed by atoms with E-state index in [1.54, 1.807) is 0 Å². The average molecular weight is 262 g/mol. The SMILES string of the molecule is NCCCS(=O)(=O)O[SH](=O)(O)CCCN. The lowest BCUT2D eigenvalue weighted by atomic mass is 10.5. The summed E-state index contributed by atoms with van der Waals surface area (Å²) in [4.78, 5) is 0. The summed E-state index contributed by atoms with van der Waals surface area (Å²) in [5, 5.41) is 0. The van der Waals surface area contributed by atoms with Crippen LogP contribution in [0.2, 0.25) is 0 Å². The maximum atomic E-state index is 11.2. The van der Waals surface area contributed by atoms with E-state index in [-0.39, 0.29) is 37.4 Å². The molecule has 0 aliphatic carbocycles. The van der Waals surface area contributed by atoms with Crippen molar-refractivity contribution in [1.82, 2.24) is 0 Å². The monoisotopic (exact) mass is 262 g/mol. The average Bonchev–Trinajstić information content (AvgIpc) is 2.10. The highest BCUT2D eigenvalue weighted by Gasteiger charge is 2.20. The van der Waals surface area contributed by atoms with Gasteiger partial charge < -0.3 is 16.0 Å². The highest BCUT2D eigenvalue weighted by molar-refractivity contribution is 8.03. The fourth-order valence-corrected chi connectivity index (χ4v) is 3.92. The molecule has 0 aliphatic rings. The Morgan fingerprint density at radius 1 is 1.20 bits per heavy atom. The van der Waals surface area contributed by atoms with E-state index in [1.165, 1.54) is 0 Å². The van der Waals surface area contributed by atoms with E-state index in [4.69, 9.17) is 16.0 Å². The summed E-state index contributed by atoms with van der Waals surface area (Å²) in [6.07, 6.45) is 0.430. The van der Waals surface area contributed by atoms with Crippen LogP contribution < -0.4 is 11.5 Å². The van der Waals surface area contributed by atoms with Gasteiger partial charge in [0.1, 0.15) is 0 Å². The molecule has 7 nitrogen and oxygen atoms in total. The van der Waals surface area contributed by atoms with Gasteiger partial charge in [-0.3, -0.25) is 0 Å². The van der Waals surface area contributed by atoms with Gasteiger partial charge in [0.25, 0.3) is 10.1 Å². The van der Waals surface area contributed by atoms with Crippen LogP contribution in [0.5, 0.6) is 0 Å². The first kappa shape index (κ1) is 14.9. The number of rotatable bonds is 8. The summed E-state index contributed by atoms with van der Waals surface area (Å²) in [5.41, 5.74) is 10.2. The molecule has 94 valence electrons. The van der Waals surface area contributed by atoms with Crippen LogP contribution >= 0.6 is 0 Å². The first-order valence-corrected chi connectivity index (χ1v) is 7.83. The molecule has 0 heterocycles. The van der Waals surface area contributed by atoms with E-state index in [0.717, 1.165) is 0 Å². The van der Waals surface area contributed by atoms with Gasteiger partial charge in [-0.2, -0.15) is 12.0 Å². The summed E-state index contributed by atoms with van der Waals surface area (Å²) >= 11 is 0. The second-order valence-corrected chi connectivity index (χ2v) is 6.82. The molecule has 9 heteroatoms. The molecule has 0 fully saturated rings. The summed E-state index contributed by atoms with van der Waals surface area (Å²) in [6.45, 7) is 0.387. The quantitative estimate of drug-likeness (QED) is 0.389. The normalized spacial score (nSPS) is 14.1. The van der Waals surface area contributed by atoms with Crippen molar-refractivity contribution < 1.29 is 20.8 Å². The Bertz CT molecular complexity index is 315. The van der Waals surface area contributed by atoms with Gasteiger partial charge in [-0.15, -0.1) is 0 Å². The Labute approximate surface area is 90.7 Å². The fraction of sp³-hybridized carbons (Fsp3) is 1.00. The number of hydrogen-bond donors (Lipinski definition) is 4. The van der Waals surface area contributed by atoms with Crippen LogP contribution in [0, 0.1) is 0 Å². The zero-order valence-corrected chi connectivity index (χ0v) is 10.0. The fourth-order valence-electron chi connectivity index (χ4n) is 0.803. The van der Waals surface area contributed by atoms with Crippen LogP contribution in [-0.4, -0.2) is 41.8 Å². The molecular formula is C6H18N2O5S2. The minimum absolute atomic E-state index is 0.182. The predicted octanol–water partition coefficient (Wildman–Crippen LogP) is -1.56. The van der Waals surface area contributed by atoms with Gasteiger partial charge in [-0.25, -0.2) is 4.21 Å². The third-order valence-corrected chi connectivity index (χ3v) is 4.98. The molecule has 0 aromatic rings. The molecule has 0 saturated carbocycles. The van der Waals surface area contributed by atoms with Gasteiger partial charge in [0.2, 0.25) is 0 Å². The first-order valence-electron chi connectivity index (χ1n) is 4.49. The molecule has 0 aliphatic heterocycles. The lowest BCUT2D eigenvalue weighted by molar-refractivity contribution is 0.417. The Balaban J connectivity index is 4.24. The second-order valence-electron chi connectivity index (χ2n) is 2.98. The number of thiol groups is 1. The van der Waals surface area contributed by atoms with Crippen LogP contribution in [0.15, 0.2) is 0 Å². The Kier molecular flexibility index (Phi) is 6.48. The van der Waals surface area contributed by atoms with E-state index in [0.29, 0.717) is 0 Å².